The number of hydrogen-bond acceptors (Lipinski definition) is 4. The van der Waals surface area contributed by atoms with Crippen molar-refractivity contribution in [2.24, 2.45) is 10.8 Å². The Kier molecular flexibility index (Phi) is 4.37. The number of nitrogens with two attached hydrogens (primary N) is 1. The van der Waals surface area contributed by atoms with Crippen LogP contribution >= 0.6 is 0 Å². The molecule has 4 N–H and O–H groups in total. The molecule has 1 aromatic heterocycles. The van der Waals surface area contributed by atoms with Crippen molar-refractivity contribution in [2.75, 3.05) is 0 Å². The molecule has 0 radical (unpaired) electrons. The zero-order valence-corrected chi connectivity index (χ0v) is 9.85. The molecule has 17 heavy (non-hydrogen) atoms. The molecule has 0 unspecified atom stereocenters. The first kappa shape index (κ1) is 11.9. The molecule has 1 aliphatic rings. The van der Waals surface area contributed by atoms with Gasteiger partial charge in [0.05, 0.1) is 6.54 Å². The Morgan fingerprint density at radius 2 is 2.29 bits per heavy atom. The first-order valence-electron chi connectivity index (χ1n) is 6.05. The predicted molar refractivity (Wildman–Crippen MR) is 65.0 cm³/mol. The Hall–Kier alpha value is -1.56. The minimum absolute atomic E-state index is 0.468. The number of guanidine groups is 1. The Balaban J connectivity index is 1.84. The van der Waals surface area contributed by atoms with E-state index in [0.29, 0.717) is 18.5 Å². The Morgan fingerprint density at radius 1 is 1.47 bits per heavy atom. The largest absolute Gasteiger partial charge is 0.364 e. The predicted octanol–water partition coefficient (Wildman–Crippen LogP) is 0.916. The van der Waals surface area contributed by atoms with Gasteiger partial charge in [-0.2, -0.15) is 0 Å². The molecular formula is C11H19N5O. The van der Waals surface area contributed by atoms with E-state index >= 15 is 0 Å². The van der Waals surface area contributed by atoms with E-state index in [0.717, 1.165) is 5.69 Å². The molecule has 6 nitrogen and oxygen atoms in total. The zero-order chi connectivity index (χ0) is 11.9. The number of nitrogens with zero attached hydrogens (tertiary/aromatic N) is 2. The number of nitrogens with one attached hydrogen (secondary N) is 2. The molecule has 1 heterocycles. The quantitative estimate of drug-likeness (QED) is 0.315. The van der Waals surface area contributed by atoms with Gasteiger partial charge >= 0.3 is 0 Å². The van der Waals surface area contributed by atoms with Gasteiger partial charge in [-0.15, -0.1) is 0 Å². The lowest BCUT2D eigenvalue weighted by Gasteiger charge is -2.24. The smallest absolute Gasteiger partial charge is 0.206 e. The summed E-state index contributed by atoms with van der Waals surface area (Å²) < 4.78 is 4.74. The van der Waals surface area contributed by atoms with E-state index in [1.807, 2.05) is 0 Å². The molecule has 0 atom stereocenters. The van der Waals surface area contributed by atoms with Crippen LogP contribution in [0.2, 0.25) is 0 Å². The van der Waals surface area contributed by atoms with Gasteiger partial charge in [0, 0.05) is 12.1 Å². The van der Waals surface area contributed by atoms with Crippen molar-refractivity contribution in [3.05, 3.63) is 18.0 Å². The van der Waals surface area contributed by atoms with Crippen molar-refractivity contribution < 1.29 is 4.52 Å². The fourth-order valence-corrected chi connectivity index (χ4v) is 2.05. The molecular weight excluding hydrogens is 218 g/mol. The maximum atomic E-state index is 5.44. The van der Waals surface area contributed by atoms with Gasteiger partial charge in [-0.05, 0) is 12.8 Å². The van der Waals surface area contributed by atoms with E-state index in [-0.39, 0.29) is 0 Å². The van der Waals surface area contributed by atoms with E-state index < -0.39 is 0 Å². The molecule has 0 aromatic carbocycles. The van der Waals surface area contributed by atoms with Gasteiger partial charge < -0.3 is 9.84 Å². The highest BCUT2D eigenvalue weighted by Crippen LogP contribution is 2.17. The van der Waals surface area contributed by atoms with Crippen molar-refractivity contribution in [3.63, 3.8) is 0 Å². The van der Waals surface area contributed by atoms with E-state index in [9.17, 15) is 0 Å². The standard InChI is InChI=1S/C11H19N5O/c12-15-11(13-8-10-6-7-17-16-10)14-9-4-2-1-3-5-9/h6-7,9H,1-5,8,12H2,(H2,13,14,15). The fraction of sp³-hybridized carbons (Fsp3) is 0.636. The number of aliphatic imine (C=N–C) groups is 1. The van der Waals surface area contributed by atoms with Crippen molar-refractivity contribution >= 4 is 5.96 Å². The van der Waals surface area contributed by atoms with Gasteiger partial charge in [-0.1, -0.05) is 24.4 Å². The zero-order valence-electron chi connectivity index (χ0n) is 9.85. The van der Waals surface area contributed by atoms with Gasteiger partial charge in [0.15, 0.2) is 0 Å². The summed E-state index contributed by atoms with van der Waals surface area (Å²) in [6.45, 7) is 0.468. The molecule has 0 spiro atoms. The lowest BCUT2D eigenvalue weighted by molar-refractivity contribution is 0.408. The normalized spacial score (nSPS) is 18.1. The fourth-order valence-electron chi connectivity index (χ4n) is 2.05. The van der Waals surface area contributed by atoms with Gasteiger partial charge in [0.1, 0.15) is 12.0 Å². The van der Waals surface area contributed by atoms with Crippen LogP contribution in [0.5, 0.6) is 0 Å². The van der Waals surface area contributed by atoms with Gasteiger partial charge in [-0.25, -0.2) is 10.8 Å². The van der Waals surface area contributed by atoms with Crippen LogP contribution < -0.4 is 16.6 Å². The molecule has 2 rings (SSSR count). The third-order valence-electron chi connectivity index (χ3n) is 2.97. The number of hydrogen-bond donors (Lipinski definition) is 3. The van der Waals surface area contributed by atoms with Crippen LogP contribution in [0.25, 0.3) is 0 Å². The second kappa shape index (κ2) is 6.24. The summed E-state index contributed by atoms with van der Waals surface area (Å²) >= 11 is 0. The summed E-state index contributed by atoms with van der Waals surface area (Å²) in [6.07, 6.45) is 7.79. The molecule has 0 bridgehead atoms. The molecule has 94 valence electrons. The van der Waals surface area contributed by atoms with E-state index in [2.05, 4.69) is 20.9 Å². The maximum absolute atomic E-state index is 5.44. The molecule has 0 aliphatic heterocycles. The summed E-state index contributed by atoms with van der Waals surface area (Å²) in [4.78, 5) is 4.33. The van der Waals surface area contributed by atoms with E-state index in [1.54, 1.807) is 6.07 Å². The van der Waals surface area contributed by atoms with Gasteiger partial charge in [0.2, 0.25) is 5.96 Å². The average Bonchev–Trinajstić information content (AvgIpc) is 2.89. The molecule has 0 amide bonds. The second-order valence-corrected chi connectivity index (χ2v) is 4.28. The maximum Gasteiger partial charge on any atom is 0.206 e. The lowest BCUT2D eigenvalue weighted by Crippen LogP contribution is -2.47. The van der Waals surface area contributed by atoms with Crippen LogP contribution in [0, 0.1) is 0 Å². The summed E-state index contributed by atoms with van der Waals surface area (Å²) in [6, 6.07) is 2.27. The highest BCUT2D eigenvalue weighted by atomic mass is 16.5. The molecule has 0 saturated heterocycles. The summed E-state index contributed by atoms with van der Waals surface area (Å²) in [5, 5.41) is 7.11. The van der Waals surface area contributed by atoms with E-state index in [4.69, 9.17) is 10.4 Å². The second-order valence-electron chi connectivity index (χ2n) is 4.28. The van der Waals surface area contributed by atoms with Crippen molar-refractivity contribution in [2.45, 2.75) is 44.7 Å². The third-order valence-corrected chi connectivity index (χ3v) is 2.97. The average molecular weight is 237 g/mol. The first-order chi connectivity index (χ1) is 8.38. The molecule has 1 aliphatic carbocycles. The number of hydrazine groups is 1. The highest BCUT2D eigenvalue weighted by molar-refractivity contribution is 5.79. The van der Waals surface area contributed by atoms with Crippen molar-refractivity contribution in [1.29, 1.82) is 0 Å². The van der Waals surface area contributed by atoms with Crippen LogP contribution in [0.3, 0.4) is 0 Å². The van der Waals surface area contributed by atoms with Crippen LogP contribution in [0.1, 0.15) is 37.8 Å². The minimum Gasteiger partial charge on any atom is -0.364 e. The first-order valence-corrected chi connectivity index (χ1v) is 6.05. The summed E-state index contributed by atoms with van der Waals surface area (Å²) in [5.41, 5.74) is 3.39. The minimum atomic E-state index is 0.468. The Labute approximate surface area is 101 Å². The van der Waals surface area contributed by atoms with Crippen LogP contribution in [0.4, 0.5) is 0 Å². The summed E-state index contributed by atoms with van der Waals surface area (Å²) in [7, 11) is 0. The third kappa shape index (κ3) is 3.74. The van der Waals surface area contributed by atoms with Crippen molar-refractivity contribution in [3.8, 4) is 0 Å². The Bertz CT molecular complexity index is 343. The van der Waals surface area contributed by atoms with Crippen LogP contribution in [0.15, 0.2) is 21.8 Å². The van der Waals surface area contributed by atoms with Gasteiger partial charge in [-0.3, -0.25) is 5.43 Å². The van der Waals surface area contributed by atoms with Crippen LogP contribution in [-0.4, -0.2) is 17.2 Å². The van der Waals surface area contributed by atoms with Crippen molar-refractivity contribution in [1.82, 2.24) is 15.9 Å². The monoisotopic (exact) mass is 237 g/mol. The topological polar surface area (TPSA) is 88.5 Å². The molecule has 1 saturated carbocycles. The number of rotatable bonds is 3. The van der Waals surface area contributed by atoms with Crippen LogP contribution in [-0.2, 0) is 6.54 Å². The molecule has 6 heteroatoms. The summed E-state index contributed by atoms with van der Waals surface area (Å²) in [5.74, 6) is 6.07. The molecule has 1 aromatic rings. The Morgan fingerprint density at radius 3 is 2.94 bits per heavy atom. The van der Waals surface area contributed by atoms with Gasteiger partial charge in [0.25, 0.3) is 0 Å². The number of aromatic nitrogens is 1. The molecule has 1 fully saturated rings. The van der Waals surface area contributed by atoms with E-state index in [1.165, 1.54) is 38.4 Å². The highest BCUT2D eigenvalue weighted by Gasteiger charge is 2.14. The SMILES string of the molecule is NNC(=NCc1ccon1)NC1CCCCC1. The lowest BCUT2D eigenvalue weighted by atomic mass is 9.96.